The highest BCUT2D eigenvalue weighted by atomic mass is 19.4. The molecule has 0 heterocycles. The second kappa shape index (κ2) is 1.96. The maximum Gasteiger partial charge on any atom is 0.417 e. The van der Waals surface area contributed by atoms with Crippen LogP contribution < -0.4 is 0 Å². The molecule has 0 amide bonds. The normalized spacial score (nSPS) is 72.8. The quantitative estimate of drug-likeness (QED) is 0.675. The lowest BCUT2D eigenvalue weighted by Crippen LogP contribution is -2.61. The van der Waals surface area contributed by atoms with E-state index in [0.29, 0.717) is 11.8 Å². The fourth-order valence-electron chi connectivity index (χ4n) is 6.93. The van der Waals surface area contributed by atoms with Gasteiger partial charge in [0, 0.05) is 11.8 Å². The monoisotopic (exact) mass is 230 g/mol. The Morgan fingerprint density at radius 2 is 1.50 bits per heavy atom. The molecule has 9 atom stereocenters. The lowest BCUT2D eigenvalue weighted by Gasteiger charge is -2.51. The fourth-order valence-corrected chi connectivity index (χ4v) is 6.93. The molecular formula is C12H13F3O. The predicted molar refractivity (Wildman–Crippen MR) is 48.2 cm³/mol. The number of hydrogen-bond acceptors (Lipinski definition) is 1. The van der Waals surface area contributed by atoms with Crippen molar-refractivity contribution in [3.63, 3.8) is 0 Å². The van der Waals surface area contributed by atoms with Crippen molar-refractivity contribution in [2.75, 3.05) is 0 Å². The second-order valence-electron chi connectivity index (χ2n) is 6.66. The van der Waals surface area contributed by atoms with Crippen LogP contribution in [-0.4, -0.2) is 16.9 Å². The summed E-state index contributed by atoms with van der Waals surface area (Å²) < 4.78 is 39.6. The van der Waals surface area contributed by atoms with Crippen molar-refractivity contribution in [1.82, 2.24) is 0 Å². The Balaban J connectivity index is 1.75. The zero-order chi connectivity index (χ0) is 11.0. The first-order valence-corrected chi connectivity index (χ1v) is 6.25. The molecule has 1 N–H and O–H groups in total. The topological polar surface area (TPSA) is 20.2 Å². The van der Waals surface area contributed by atoms with Gasteiger partial charge in [-0.25, -0.2) is 0 Å². The highest BCUT2D eigenvalue weighted by molar-refractivity contribution is 5.33. The Bertz CT molecular complexity index is 400. The molecule has 1 nitrogen and oxygen atoms in total. The number of fused-ring (bicyclic) bond motifs is 2. The maximum absolute atomic E-state index is 13.2. The fraction of sp³-hybridized carbons (Fsp3) is 1.00. The Morgan fingerprint density at radius 1 is 0.875 bits per heavy atom. The molecule has 2 bridgehead atoms. The van der Waals surface area contributed by atoms with Crippen molar-refractivity contribution >= 4 is 0 Å². The summed E-state index contributed by atoms with van der Waals surface area (Å²) in [5.74, 6) is 1.06. The standard InChI is InChI=1S/C12H13F3O/c13-12(14,15)11(16)9-4-2-5-7-3(4)1-6(9)8(7)10(5)11/h3-10,16H,1-2H2. The Labute approximate surface area is 91.0 Å². The zero-order valence-electron chi connectivity index (χ0n) is 8.61. The van der Waals surface area contributed by atoms with Gasteiger partial charge in [0.15, 0.2) is 5.60 Å². The van der Waals surface area contributed by atoms with Crippen LogP contribution in [0.2, 0.25) is 0 Å². The van der Waals surface area contributed by atoms with Crippen LogP contribution in [-0.2, 0) is 0 Å². The van der Waals surface area contributed by atoms with Crippen molar-refractivity contribution in [3.05, 3.63) is 0 Å². The van der Waals surface area contributed by atoms with Crippen LogP contribution in [0.15, 0.2) is 0 Å². The minimum atomic E-state index is -4.41. The van der Waals surface area contributed by atoms with Gasteiger partial charge >= 0.3 is 6.18 Å². The van der Waals surface area contributed by atoms with Gasteiger partial charge in [-0.05, 0) is 48.3 Å². The molecular weight excluding hydrogens is 217 g/mol. The minimum absolute atomic E-state index is 0.196. The van der Waals surface area contributed by atoms with Gasteiger partial charge < -0.3 is 5.11 Å². The number of alkyl halides is 3. The Morgan fingerprint density at radius 3 is 2.19 bits per heavy atom. The van der Waals surface area contributed by atoms with Crippen molar-refractivity contribution in [2.24, 2.45) is 47.3 Å². The number of hydrogen-bond donors (Lipinski definition) is 1. The second-order valence-corrected chi connectivity index (χ2v) is 6.66. The summed E-state index contributed by atoms with van der Waals surface area (Å²) in [6.45, 7) is 0. The molecule has 0 spiro atoms. The Hall–Kier alpha value is -0.250. The highest BCUT2D eigenvalue weighted by Gasteiger charge is 2.89. The van der Waals surface area contributed by atoms with E-state index in [1.165, 1.54) is 0 Å². The van der Waals surface area contributed by atoms with Crippen LogP contribution in [0.1, 0.15) is 12.8 Å². The summed E-state index contributed by atoms with van der Waals surface area (Å²) in [5.41, 5.74) is -2.31. The third kappa shape index (κ3) is 0.533. The average molecular weight is 230 g/mol. The van der Waals surface area contributed by atoms with Crippen molar-refractivity contribution in [2.45, 2.75) is 24.6 Å². The summed E-state index contributed by atoms with van der Waals surface area (Å²) in [4.78, 5) is 0. The minimum Gasteiger partial charge on any atom is -0.380 e. The lowest BCUT2D eigenvalue weighted by molar-refractivity contribution is -0.314. The average Bonchev–Trinajstić information content (AvgIpc) is 2.61. The molecule has 4 heteroatoms. The van der Waals surface area contributed by atoms with E-state index in [4.69, 9.17) is 0 Å². The Kier molecular flexibility index (Phi) is 1.07. The van der Waals surface area contributed by atoms with Crippen LogP contribution in [0.5, 0.6) is 0 Å². The molecule has 88 valence electrons. The van der Waals surface area contributed by atoms with Gasteiger partial charge in [-0.2, -0.15) is 13.2 Å². The molecule has 5 fully saturated rings. The predicted octanol–water partition coefficient (Wildman–Crippen LogP) is 2.06. The third-order valence-electron chi connectivity index (χ3n) is 6.84. The molecule has 0 aliphatic heterocycles. The molecule has 5 aliphatic rings. The molecule has 9 unspecified atom stereocenters. The van der Waals surface area contributed by atoms with Gasteiger partial charge in [0.25, 0.3) is 0 Å². The first-order chi connectivity index (χ1) is 7.46. The first-order valence-electron chi connectivity index (χ1n) is 6.25. The number of aliphatic hydroxyl groups is 1. The van der Waals surface area contributed by atoms with Crippen LogP contribution >= 0.6 is 0 Å². The van der Waals surface area contributed by atoms with E-state index in [0.717, 1.165) is 12.8 Å². The molecule has 5 rings (SSSR count). The summed E-state index contributed by atoms with van der Waals surface area (Å²) >= 11 is 0. The van der Waals surface area contributed by atoms with Gasteiger partial charge in [0.1, 0.15) is 0 Å². The van der Waals surface area contributed by atoms with Crippen LogP contribution in [0.4, 0.5) is 13.2 Å². The first kappa shape index (κ1) is 8.78. The molecule has 0 aromatic carbocycles. The molecule has 0 saturated heterocycles. The van der Waals surface area contributed by atoms with Crippen molar-refractivity contribution in [1.29, 1.82) is 0 Å². The van der Waals surface area contributed by atoms with Crippen LogP contribution in [0.25, 0.3) is 0 Å². The summed E-state index contributed by atoms with van der Waals surface area (Å²) in [5, 5.41) is 10.3. The van der Waals surface area contributed by atoms with E-state index in [1.807, 2.05) is 0 Å². The molecule has 16 heavy (non-hydrogen) atoms. The SMILES string of the molecule is OC1(C(F)(F)F)C2C3CC4C5C3CC2C5C41. The van der Waals surface area contributed by atoms with Crippen molar-refractivity contribution < 1.29 is 18.3 Å². The molecule has 0 aromatic rings. The van der Waals surface area contributed by atoms with Gasteiger partial charge in [0.05, 0.1) is 0 Å². The van der Waals surface area contributed by atoms with Gasteiger partial charge in [-0.15, -0.1) is 0 Å². The van der Waals surface area contributed by atoms with Gasteiger partial charge in [-0.1, -0.05) is 0 Å². The zero-order valence-corrected chi connectivity index (χ0v) is 8.61. The summed E-state index contributed by atoms with van der Waals surface area (Å²) in [6.07, 6.45) is -2.44. The van der Waals surface area contributed by atoms with E-state index < -0.39 is 23.6 Å². The van der Waals surface area contributed by atoms with E-state index in [1.54, 1.807) is 0 Å². The van der Waals surface area contributed by atoms with Gasteiger partial charge in [-0.3, -0.25) is 0 Å². The maximum atomic E-state index is 13.2. The van der Waals surface area contributed by atoms with E-state index in [2.05, 4.69) is 0 Å². The highest BCUT2D eigenvalue weighted by Crippen LogP contribution is 2.86. The molecule has 5 aliphatic carbocycles. The molecule has 0 radical (unpaired) electrons. The van der Waals surface area contributed by atoms with Crippen molar-refractivity contribution in [3.8, 4) is 0 Å². The van der Waals surface area contributed by atoms with E-state index >= 15 is 0 Å². The van der Waals surface area contributed by atoms with Gasteiger partial charge in [0.2, 0.25) is 0 Å². The largest absolute Gasteiger partial charge is 0.417 e. The molecule has 0 aromatic heterocycles. The van der Waals surface area contributed by atoms with Crippen LogP contribution in [0.3, 0.4) is 0 Å². The third-order valence-corrected chi connectivity index (χ3v) is 6.84. The van der Waals surface area contributed by atoms with E-state index in [-0.39, 0.29) is 23.7 Å². The summed E-state index contributed by atoms with van der Waals surface area (Å²) in [7, 11) is 0. The summed E-state index contributed by atoms with van der Waals surface area (Å²) in [6, 6.07) is 0. The van der Waals surface area contributed by atoms with Crippen LogP contribution in [0, 0.1) is 47.3 Å². The molecule has 5 saturated carbocycles. The number of rotatable bonds is 0. The lowest BCUT2D eigenvalue weighted by atomic mass is 9.56. The number of halogens is 3. The van der Waals surface area contributed by atoms with E-state index in [9.17, 15) is 18.3 Å². The smallest absolute Gasteiger partial charge is 0.380 e.